The highest BCUT2D eigenvalue weighted by Gasteiger charge is 2.21. The second kappa shape index (κ2) is 5.95. The first-order valence-corrected chi connectivity index (χ1v) is 8.63. The van der Waals surface area contributed by atoms with E-state index in [4.69, 9.17) is 0 Å². The molecule has 2 aromatic heterocycles. The second-order valence-corrected chi connectivity index (χ2v) is 7.80. The number of nitrogens with zero attached hydrogens (tertiary/aromatic N) is 3. The molecule has 0 fully saturated rings. The molecule has 0 aliphatic heterocycles. The summed E-state index contributed by atoms with van der Waals surface area (Å²) in [5, 5.41) is 5.52. The van der Waals surface area contributed by atoms with Crippen LogP contribution in [0.15, 0.2) is 21.7 Å². The molecular formula is C10H14N4O2S3. The summed E-state index contributed by atoms with van der Waals surface area (Å²) in [5.41, 5.74) is 0. The van der Waals surface area contributed by atoms with Gasteiger partial charge >= 0.3 is 0 Å². The minimum Gasteiger partial charge on any atom is -0.359 e. The molecule has 9 heteroatoms. The van der Waals surface area contributed by atoms with Gasteiger partial charge < -0.3 is 5.32 Å². The van der Waals surface area contributed by atoms with Crippen LogP contribution in [-0.2, 0) is 10.0 Å². The fourth-order valence-electron chi connectivity index (χ4n) is 1.37. The lowest BCUT2D eigenvalue weighted by atomic mass is 10.6. The maximum atomic E-state index is 12.1. The van der Waals surface area contributed by atoms with E-state index >= 15 is 0 Å². The summed E-state index contributed by atoms with van der Waals surface area (Å²) in [4.78, 5) is 4.15. The summed E-state index contributed by atoms with van der Waals surface area (Å²) in [5.74, 6) is 0.715. The van der Waals surface area contributed by atoms with Crippen molar-refractivity contribution in [2.24, 2.45) is 0 Å². The lowest BCUT2D eigenvalue weighted by Gasteiger charge is -2.15. The van der Waals surface area contributed by atoms with Crippen LogP contribution in [0.25, 0.3) is 0 Å². The van der Waals surface area contributed by atoms with Gasteiger partial charge in [0.15, 0.2) is 0 Å². The van der Waals surface area contributed by atoms with E-state index in [0.717, 1.165) is 0 Å². The Morgan fingerprint density at radius 3 is 2.84 bits per heavy atom. The van der Waals surface area contributed by atoms with E-state index in [1.54, 1.807) is 24.6 Å². The van der Waals surface area contributed by atoms with Crippen LogP contribution in [0.1, 0.15) is 5.82 Å². The van der Waals surface area contributed by atoms with Gasteiger partial charge in [-0.15, -0.1) is 11.3 Å². The first-order chi connectivity index (χ1) is 9.00. The summed E-state index contributed by atoms with van der Waals surface area (Å²) in [6.07, 6.45) is 0. The molecule has 0 amide bonds. The van der Waals surface area contributed by atoms with Crippen LogP contribution in [0.5, 0.6) is 0 Å². The number of hydrogen-bond acceptors (Lipinski definition) is 7. The lowest BCUT2D eigenvalue weighted by molar-refractivity contribution is 0.482. The third kappa shape index (κ3) is 3.50. The summed E-state index contributed by atoms with van der Waals surface area (Å²) < 4.78 is 30.0. The van der Waals surface area contributed by atoms with E-state index in [2.05, 4.69) is 14.7 Å². The van der Waals surface area contributed by atoms with Crippen LogP contribution >= 0.6 is 22.9 Å². The fourth-order valence-corrected chi connectivity index (χ4v) is 4.34. The minimum absolute atomic E-state index is 0.363. The molecule has 0 atom stereocenters. The maximum Gasteiger partial charge on any atom is 0.252 e. The van der Waals surface area contributed by atoms with Crippen molar-refractivity contribution < 1.29 is 8.42 Å². The summed E-state index contributed by atoms with van der Waals surface area (Å²) >= 11 is 2.49. The van der Waals surface area contributed by atoms with E-state index in [0.29, 0.717) is 28.3 Å². The predicted octanol–water partition coefficient (Wildman–Crippen LogP) is 1.64. The molecule has 0 bridgehead atoms. The molecule has 19 heavy (non-hydrogen) atoms. The monoisotopic (exact) mass is 318 g/mol. The Morgan fingerprint density at radius 1 is 1.47 bits per heavy atom. The fraction of sp³-hybridized carbons (Fsp3) is 0.400. The second-order valence-electron chi connectivity index (χ2n) is 3.83. The number of aromatic nitrogens is 2. The quantitative estimate of drug-likeness (QED) is 0.876. The van der Waals surface area contributed by atoms with Gasteiger partial charge in [-0.2, -0.15) is 8.68 Å². The van der Waals surface area contributed by atoms with E-state index in [-0.39, 0.29) is 0 Å². The molecule has 0 unspecified atom stereocenters. The van der Waals surface area contributed by atoms with Gasteiger partial charge in [0.1, 0.15) is 10.0 Å². The molecule has 2 aromatic rings. The van der Waals surface area contributed by atoms with Crippen molar-refractivity contribution in [3.05, 3.63) is 23.3 Å². The van der Waals surface area contributed by atoms with E-state index in [1.807, 2.05) is 6.92 Å². The van der Waals surface area contributed by atoms with Gasteiger partial charge in [-0.3, -0.25) is 0 Å². The topological polar surface area (TPSA) is 75.2 Å². The van der Waals surface area contributed by atoms with Gasteiger partial charge in [-0.1, -0.05) is 6.07 Å². The van der Waals surface area contributed by atoms with Crippen molar-refractivity contribution in [1.82, 2.24) is 13.7 Å². The molecule has 2 heterocycles. The predicted molar refractivity (Wildman–Crippen MR) is 77.3 cm³/mol. The third-order valence-electron chi connectivity index (χ3n) is 2.39. The summed E-state index contributed by atoms with van der Waals surface area (Å²) in [6, 6.07) is 3.34. The van der Waals surface area contributed by atoms with Gasteiger partial charge in [-0.05, 0) is 18.4 Å². The molecule has 2 rings (SSSR count). The number of nitrogens with one attached hydrogen (secondary N) is 1. The molecule has 0 saturated heterocycles. The Morgan fingerprint density at radius 2 is 2.26 bits per heavy atom. The van der Waals surface area contributed by atoms with Crippen molar-refractivity contribution in [3.63, 3.8) is 0 Å². The van der Waals surface area contributed by atoms with Gasteiger partial charge in [0.2, 0.25) is 5.13 Å². The van der Waals surface area contributed by atoms with Crippen LogP contribution in [-0.4, -0.2) is 42.2 Å². The Hall–Kier alpha value is -1.03. The van der Waals surface area contributed by atoms with Crippen LogP contribution in [0.3, 0.4) is 0 Å². The zero-order valence-corrected chi connectivity index (χ0v) is 13.0. The molecule has 0 spiro atoms. The molecule has 104 valence electrons. The number of rotatable bonds is 6. The third-order valence-corrected chi connectivity index (χ3v) is 6.38. The largest absolute Gasteiger partial charge is 0.359 e. The Bertz CT molecular complexity index is 621. The molecule has 1 N–H and O–H groups in total. The van der Waals surface area contributed by atoms with Crippen LogP contribution in [0.4, 0.5) is 5.13 Å². The maximum absolute atomic E-state index is 12.1. The van der Waals surface area contributed by atoms with Crippen LogP contribution in [0, 0.1) is 6.92 Å². The number of aryl methyl sites for hydroxylation is 1. The zero-order valence-electron chi connectivity index (χ0n) is 10.5. The summed E-state index contributed by atoms with van der Waals surface area (Å²) in [6.45, 7) is 2.68. The number of thiophene rings is 1. The number of anilines is 1. The normalized spacial score (nSPS) is 11.9. The van der Waals surface area contributed by atoms with E-state index in [9.17, 15) is 8.42 Å². The molecule has 6 nitrogen and oxygen atoms in total. The molecule has 0 aromatic carbocycles. The van der Waals surface area contributed by atoms with Gasteiger partial charge in [0.25, 0.3) is 10.0 Å². The molecule has 0 saturated carbocycles. The number of likely N-dealkylation sites (N-methyl/N-ethyl adjacent to an activating group) is 1. The van der Waals surface area contributed by atoms with Gasteiger partial charge in [0.05, 0.1) is 0 Å². The van der Waals surface area contributed by atoms with Crippen LogP contribution < -0.4 is 5.32 Å². The Kier molecular flexibility index (Phi) is 4.50. The Labute approximate surface area is 120 Å². The average Bonchev–Trinajstić information content (AvgIpc) is 3.00. The van der Waals surface area contributed by atoms with Crippen LogP contribution in [0.2, 0.25) is 0 Å². The molecule has 0 radical (unpaired) electrons. The standard InChI is InChI=1S/C10H14N4O2S3/c1-8-12-10(18-13-8)11-5-6-14(2)19(15,16)9-4-3-7-17-9/h3-4,7H,5-6H2,1-2H3,(H,11,12,13). The lowest BCUT2D eigenvalue weighted by Crippen LogP contribution is -2.31. The molecule has 0 aliphatic carbocycles. The number of hydrogen-bond donors (Lipinski definition) is 1. The smallest absolute Gasteiger partial charge is 0.252 e. The van der Waals surface area contributed by atoms with Crippen molar-refractivity contribution in [3.8, 4) is 0 Å². The van der Waals surface area contributed by atoms with Gasteiger partial charge in [0, 0.05) is 31.7 Å². The Balaban J connectivity index is 1.89. The first-order valence-electron chi connectivity index (χ1n) is 5.54. The molecular weight excluding hydrogens is 304 g/mol. The summed E-state index contributed by atoms with van der Waals surface area (Å²) in [7, 11) is -1.79. The van der Waals surface area contributed by atoms with Crippen molar-refractivity contribution >= 4 is 38.0 Å². The average molecular weight is 318 g/mol. The SMILES string of the molecule is Cc1nsc(NCCN(C)S(=O)(=O)c2cccs2)n1. The number of sulfonamides is 1. The van der Waals surface area contributed by atoms with E-state index < -0.39 is 10.0 Å². The zero-order chi connectivity index (χ0) is 13.9. The van der Waals surface area contributed by atoms with Gasteiger partial charge in [-0.25, -0.2) is 13.4 Å². The highest BCUT2D eigenvalue weighted by atomic mass is 32.2. The minimum atomic E-state index is -3.37. The highest BCUT2D eigenvalue weighted by molar-refractivity contribution is 7.91. The molecule has 0 aliphatic rings. The highest BCUT2D eigenvalue weighted by Crippen LogP contribution is 2.19. The van der Waals surface area contributed by atoms with Crippen molar-refractivity contribution in [2.75, 3.05) is 25.5 Å². The van der Waals surface area contributed by atoms with Crippen molar-refractivity contribution in [1.29, 1.82) is 0 Å². The van der Waals surface area contributed by atoms with Crippen molar-refractivity contribution in [2.45, 2.75) is 11.1 Å². The van der Waals surface area contributed by atoms with E-state index in [1.165, 1.54) is 27.2 Å². The first kappa shape index (κ1) is 14.4.